The van der Waals surface area contributed by atoms with Gasteiger partial charge < -0.3 is 33.2 Å². The molecule has 0 aromatic rings. The zero-order chi connectivity index (χ0) is 19.2. The molecule has 0 spiro atoms. The van der Waals surface area contributed by atoms with Crippen molar-refractivity contribution in [1.29, 1.82) is 0 Å². The highest BCUT2D eigenvalue weighted by molar-refractivity contribution is 5.75. The van der Waals surface area contributed by atoms with E-state index in [4.69, 9.17) is 33.2 Å². The zero-order valence-corrected chi connectivity index (χ0v) is 16.4. The van der Waals surface area contributed by atoms with Gasteiger partial charge in [0.15, 0.2) is 24.5 Å². The Morgan fingerprint density at radius 2 is 1.89 bits per heavy atom. The van der Waals surface area contributed by atoms with Gasteiger partial charge in [0.25, 0.3) is 0 Å². The van der Waals surface area contributed by atoms with E-state index < -0.39 is 30.4 Å². The van der Waals surface area contributed by atoms with Crippen molar-refractivity contribution in [3.8, 4) is 0 Å². The SMILES string of the molecule is CC(C)OC(=O)C1C[C@@H](OC2CCCCO2)[C@H]2O[C@@H]3OC(C)(C)O[C@@H]3[C@@H]2O1. The van der Waals surface area contributed by atoms with E-state index >= 15 is 0 Å². The Kier molecular flexibility index (Phi) is 5.48. The minimum absolute atomic E-state index is 0.211. The summed E-state index contributed by atoms with van der Waals surface area (Å²) in [6.45, 7) is 7.99. The molecule has 154 valence electrons. The van der Waals surface area contributed by atoms with Gasteiger partial charge in [-0.3, -0.25) is 0 Å². The summed E-state index contributed by atoms with van der Waals surface area (Å²) in [4.78, 5) is 12.5. The number of hydrogen-bond acceptors (Lipinski definition) is 8. The number of fused-ring (bicyclic) bond motifs is 3. The van der Waals surface area contributed by atoms with Gasteiger partial charge in [-0.2, -0.15) is 0 Å². The summed E-state index contributed by atoms with van der Waals surface area (Å²) < 4.78 is 41.3. The van der Waals surface area contributed by atoms with Crippen LogP contribution >= 0.6 is 0 Å². The number of ether oxygens (including phenoxy) is 7. The highest BCUT2D eigenvalue weighted by Gasteiger charge is 2.60. The average Bonchev–Trinajstić information content (AvgIpc) is 3.07. The Hall–Kier alpha value is -0.770. The highest BCUT2D eigenvalue weighted by Crippen LogP contribution is 2.44. The molecule has 0 bridgehead atoms. The molecule has 4 fully saturated rings. The van der Waals surface area contributed by atoms with Gasteiger partial charge in [0.2, 0.25) is 0 Å². The summed E-state index contributed by atoms with van der Waals surface area (Å²) in [7, 11) is 0. The molecule has 0 aromatic heterocycles. The number of hydrogen-bond donors (Lipinski definition) is 0. The van der Waals surface area contributed by atoms with Gasteiger partial charge in [-0.15, -0.1) is 0 Å². The topological polar surface area (TPSA) is 81.7 Å². The van der Waals surface area contributed by atoms with Gasteiger partial charge in [0, 0.05) is 13.0 Å². The monoisotopic (exact) mass is 386 g/mol. The molecule has 4 aliphatic rings. The third-order valence-electron chi connectivity index (χ3n) is 5.24. The maximum atomic E-state index is 12.5. The van der Waals surface area contributed by atoms with E-state index in [0.29, 0.717) is 13.0 Å². The van der Waals surface area contributed by atoms with E-state index in [2.05, 4.69) is 0 Å². The Morgan fingerprint density at radius 1 is 1.07 bits per heavy atom. The first-order chi connectivity index (χ1) is 12.8. The molecule has 0 radical (unpaired) electrons. The summed E-state index contributed by atoms with van der Waals surface area (Å²) >= 11 is 0. The molecule has 0 aliphatic carbocycles. The molecule has 0 saturated carbocycles. The standard InChI is InChI=1S/C19H30O8/c1-10(2)22-17(20)12-9-11(23-13-7-5-6-8-21-13)14-15(24-12)16-18(25-14)27-19(3,4)26-16/h10-16,18H,5-9H2,1-4H3/t11-,12?,13?,14-,15-,16-,18-/m1/s1. The van der Waals surface area contributed by atoms with Crippen molar-refractivity contribution < 1.29 is 38.0 Å². The molecule has 4 aliphatic heterocycles. The molecule has 0 N–H and O–H groups in total. The minimum Gasteiger partial charge on any atom is -0.461 e. The molecule has 2 unspecified atom stereocenters. The van der Waals surface area contributed by atoms with E-state index in [0.717, 1.165) is 19.3 Å². The molecule has 8 heteroatoms. The van der Waals surface area contributed by atoms with Crippen LogP contribution in [0.15, 0.2) is 0 Å². The molecule has 0 amide bonds. The van der Waals surface area contributed by atoms with Crippen LogP contribution in [0.1, 0.15) is 53.4 Å². The molecular weight excluding hydrogens is 356 g/mol. The third-order valence-corrected chi connectivity index (χ3v) is 5.24. The minimum atomic E-state index is -0.752. The number of esters is 1. The van der Waals surface area contributed by atoms with Crippen molar-refractivity contribution in [1.82, 2.24) is 0 Å². The van der Waals surface area contributed by atoms with Crippen LogP contribution in [0.25, 0.3) is 0 Å². The molecule has 7 atom stereocenters. The Morgan fingerprint density at radius 3 is 2.59 bits per heavy atom. The Balaban J connectivity index is 1.50. The van der Waals surface area contributed by atoms with Crippen LogP contribution in [0.4, 0.5) is 0 Å². The first kappa shape index (κ1) is 19.5. The van der Waals surface area contributed by atoms with E-state index in [1.165, 1.54) is 0 Å². The zero-order valence-electron chi connectivity index (χ0n) is 16.4. The summed E-state index contributed by atoms with van der Waals surface area (Å²) in [6.07, 6.45) is -0.0374. The fourth-order valence-electron chi connectivity index (χ4n) is 4.16. The van der Waals surface area contributed by atoms with Crippen LogP contribution in [0.5, 0.6) is 0 Å². The van der Waals surface area contributed by atoms with Crippen molar-refractivity contribution in [2.45, 2.75) is 108 Å². The normalized spacial score (nSPS) is 43.4. The van der Waals surface area contributed by atoms with E-state index in [-0.39, 0.29) is 30.6 Å². The van der Waals surface area contributed by atoms with E-state index in [1.54, 1.807) is 0 Å². The molecule has 8 nitrogen and oxygen atoms in total. The van der Waals surface area contributed by atoms with E-state index in [9.17, 15) is 4.79 Å². The maximum Gasteiger partial charge on any atom is 0.335 e. The van der Waals surface area contributed by atoms with Crippen molar-refractivity contribution in [3.05, 3.63) is 0 Å². The number of carbonyl (C=O) groups is 1. The van der Waals surface area contributed by atoms with Crippen molar-refractivity contribution in [2.24, 2.45) is 0 Å². The smallest absolute Gasteiger partial charge is 0.335 e. The van der Waals surface area contributed by atoms with Gasteiger partial charge in [-0.1, -0.05) is 0 Å². The number of carbonyl (C=O) groups excluding carboxylic acids is 1. The first-order valence-electron chi connectivity index (χ1n) is 9.96. The number of rotatable bonds is 4. The second-order valence-electron chi connectivity index (χ2n) is 8.35. The second kappa shape index (κ2) is 7.57. The lowest BCUT2D eigenvalue weighted by Crippen LogP contribution is -2.54. The van der Waals surface area contributed by atoms with Crippen molar-refractivity contribution >= 4 is 5.97 Å². The van der Waals surface area contributed by atoms with Crippen LogP contribution in [0.3, 0.4) is 0 Å². The quantitative estimate of drug-likeness (QED) is 0.678. The van der Waals surface area contributed by atoms with Crippen LogP contribution in [-0.2, 0) is 38.0 Å². The second-order valence-corrected chi connectivity index (χ2v) is 8.35. The van der Waals surface area contributed by atoms with Crippen LogP contribution in [-0.4, -0.2) is 67.6 Å². The summed E-state index contributed by atoms with van der Waals surface area (Å²) in [6, 6.07) is 0. The third kappa shape index (κ3) is 4.16. The molecule has 0 aromatic carbocycles. The predicted molar refractivity (Wildman–Crippen MR) is 91.7 cm³/mol. The van der Waals surface area contributed by atoms with E-state index in [1.807, 2.05) is 27.7 Å². The largest absolute Gasteiger partial charge is 0.461 e. The highest BCUT2D eigenvalue weighted by atomic mass is 16.8. The van der Waals surface area contributed by atoms with Gasteiger partial charge in [-0.05, 0) is 47.0 Å². The fraction of sp³-hybridized carbons (Fsp3) is 0.947. The van der Waals surface area contributed by atoms with Gasteiger partial charge in [0.1, 0.15) is 18.3 Å². The first-order valence-corrected chi connectivity index (χ1v) is 9.96. The molecule has 4 saturated heterocycles. The lowest BCUT2D eigenvalue weighted by Gasteiger charge is -2.40. The molecule has 4 heterocycles. The van der Waals surface area contributed by atoms with Gasteiger partial charge in [0.05, 0.1) is 12.2 Å². The lowest BCUT2D eigenvalue weighted by atomic mass is 9.96. The van der Waals surface area contributed by atoms with Gasteiger partial charge in [-0.25, -0.2) is 4.79 Å². The average molecular weight is 386 g/mol. The Labute approximate surface area is 159 Å². The molecule has 4 rings (SSSR count). The van der Waals surface area contributed by atoms with Crippen LogP contribution in [0.2, 0.25) is 0 Å². The molecule has 27 heavy (non-hydrogen) atoms. The summed E-state index contributed by atoms with van der Waals surface area (Å²) in [5.41, 5.74) is 0. The van der Waals surface area contributed by atoms with Gasteiger partial charge >= 0.3 is 5.97 Å². The maximum absolute atomic E-state index is 12.5. The van der Waals surface area contributed by atoms with Crippen molar-refractivity contribution in [3.63, 3.8) is 0 Å². The Bertz CT molecular complexity index is 544. The lowest BCUT2D eigenvalue weighted by molar-refractivity contribution is -0.279. The predicted octanol–water partition coefficient (Wildman–Crippen LogP) is 1.88. The summed E-state index contributed by atoms with van der Waals surface area (Å²) in [5, 5.41) is 0. The fourth-order valence-corrected chi connectivity index (χ4v) is 4.16. The van der Waals surface area contributed by atoms with Crippen molar-refractivity contribution in [2.75, 3.05) is 6.61 Å². The van der Waals surface area contributed by atoms with Crippen LogP contribution < -0.4 is 0 Å². The molecular formula is C19H30O8. The van der Waals surface area contributed by atoms with Crippen LogP contribution in [0, 0.1) is 0 Å². The summed E-state index contributed by atoms with van der Waals surface area (Å²) in [5.74, 6) is -1.14.